The first-order valence-corrected chi connectivity index (χ1v) is 11.6. The molecule has 3 nitrogen and oxygen atoms in total. The Hall–Kier alpha value is -2.78. The minimum absolute atomic E-state index is 0.366. The third-order valence-electron chi connectivity index (χ3n) is 6.84. The van der Waals surface area contributed by atoms with Crippen molar-refractivity contribution in [1.82, 2.24) is 4.90 Å². The number of hydrogen-bond donors (Lipinski definition) is 1. The van der Waals surface area contributed by atoms with Crippen LogP contribution in [0.1, 0.15) is 48.3 Å². The Bertz CT molecular complexity index is 1010. The Morgan fingerprint density at radius 2 is 1.65 bits per heavy atom. The second kappa shape index (κ2) is 9.15. The third kappa shape index (κ3) is 4.33. The van der Waals surface area contributed by atoms with Crippen LogP contribution in [-0.4, -0.2) is 36.2 Å². The summed E-state index contributed by atoms with van der Waals surface area (Å²) in [5, 5.41) is 10.7. The van der Waals surface area contributed by atoms with Crippen molar-refractivity contribution >= 4 is 0 Å². The van der Waals surface area contributed by atoms with Crippen molar-refractivity contribution < 1.29 is 9.84 Å². The molecule has 1 N–H and O–H groups in total. The van der Waals surface area contributed by atoms with Gasteiger partial charge in [0.25, 0.3) is 0 Å². The molecule has 3 aromatic carbocycles. The number of aromatic hydroxyl groups is 1. The Balaban J connectivity index is 1.35. The quantitative estimate of drug-likeness (QED) is 0.538. The van der Waals surface area contributed by atoms with Gasteiger partial charge in [0.05, 0.1) is 0 Å². The molecule has 1 fully saturated rings. The summed E-state index contributed by atoms with van der Waals surface area (Å²) in [5.74, 6) is 1.70. The highest BCUT2D eigenvalue weighted by molar-refractivity contribution is 5.76. The van der Waals surface area contributed by atoms with Gasteiger partial charge in [-0.25, -0.2) is 0 Å². The number of fused-ring (bicyclic) bond motifs is 1. The molecule has 1 saturated heterocycles. The van der Waals surface area contributed by atoms with Gasteiger partial charge < -0.3 is 9.84 Å². The number of benzene rings is 3. The molecule has 1 aliphatic heterocycles. The molecule has 0 radical (unpaired) electrons. The molecule has 160 valence electrons. The summed E-state index contributed by atoms with van der Waals surface area (Å²) in [5.41, 5.74) is 6.08. The second-order valence-corrected chi connectivity index (χ2v) is 8.80. The highest BCUT2D eigenvalue weighted by Crippen LogP contribution is 2.44. The van der Waals surface area contributed by atoms with E-state index in [1.807, 2.05) is 24.3 Å². The molecule has 5 rings (SSSR count). The fourth-order valence-corrected chi connectivity index (χ4v) is 5.25. The zero-order valence-electron chi connectivity index (χ0n) is 18.1. The number of nitrogens with zero attached hydrogens (tertiary/aromatic N) is 1. The lowest BCUT2D eigenvalue weighted by Crippen LogP contribution is -2.25. The number of rotatable bonds is 6. The smallest absolute Gasteiger partial charge is 0.123 e. The zero-order chi connectivity index (χ0) is 21.0. The van der Waals surface area contributed by atoms with E-state index in [1.165, 1.54) is 42.6 Å². The molecule has 3 aromatic rings. The maximum absolute atomic E-state index is 10.7. The Kier molecular flexibility index (Phi) is 5.95. The van der Waals surface area contributed by atoms with E-state index >= 15 is 0 Å². The van der Waals surface area contributed by atoms with E-state index < -0.39 is 0 Å². The number of hydrogen-bond acceptors (Lipinski definition) is 3. The normalized spacial score (nSPS) is 18.6. The Morgan fingerprint density at radius 3 is 2.42 bits per heavy atom. The van der Waals surface area contributed by atoms with Gasteiger partial charge in [0.1, 0.15) is 18.1 Å². The summed E-state index contributed by atoms with van der Waals surface area (Å²) < 4.78 is 6.00. The number of phenolic OH excluding ortho intramolecular Hbond substituents is 1. The molecule has 1 atom stereocenters. The Morgan fingerprint density at radius 1 is 0.871 bits per heavy atom. The Labute approximate surface area is 185 Å². The van der Waals surface area contributed by atoms with E-state index in [1.54, 1.807) is 0 Å². The van der Waals surface area contributed by atoms with Gasteiger partial charge in [-0.3, -0.25) is 4.90 Å². The van der Waals surface area contributed by atoms with Crippen molar-refractivity contribution in [1.29, 1.82) is 0 Å². The molecule has 3 heteroatoms. The number of ether oxygens (including phenoxy) is 1. The van der Waals surface area contributed by atoms with Crippen LogP contribution < -0.4 is 4.74 Å². The van der Waals surface area contributed by atoms with E-state index in [-0.39, 0.29) is 0 Å². The SMILES string of the molecule is Oc1ccc2c(c1-c1ccccc1)CCCC2c1ccc(OCCN2CCCC2)cc1. The summed E-state index contributed by atoms with van der Waals surface area (Å²) >= 11 is 0. The van der Waals surface area contributed by atoms with Gasteiger partial charge in [0.2, 0.25) is 0 Å². The molecule has 1 unspecified atom stereocenters. The molecule has 1 heterocycles. The van der Waals surface area contributed by atoms with Crippen LogP contribution in [0.4, 0.5) is 0 Å². The van der Waals surface area contributed by atoms with Crippen molar-refractivity contribution in [2.24, 2.45) is 0 Å². The minimum Gasteiger partial charge on any atom is -0.507 e. The van der Waals surface area contributed by atoms with Gasteiger partial charge in [0.15, 0.2) is 0 Å². The molecule has 0 bridgehead atoms. The van der Waals surface area contributed by atoms with Crippen molar-refractivity contribution in [3.63, 3.8) is 0 Å². The van der Waals surface area contributed by atoms with Crippen LogP contribution in [0, 0.1) is 0 Å². The van der Waals surface area contributed by atoms with Crippen molar-refractivity contribution in [2.45, 2.75) is 38.0 Å². The first-order valence-electron chi connectivity index (χ1n) is 11.6. The highest BCUT2D eigenvalue weighted by Gasteiger charge is 2.25. The monoisotopic (exact) mass is 413 g/mol. The minimum atomic E-state index is 0.366. The topological polar surface area (TPSA) is 32.7 Å². The maximum atomic E-state index is 10.7. The van der Waals surface area contributed by atoms with Gasteiger partial charge >= 0.3 is 0 Å². The molecule has 0 aromatic heterocycles. The summed E-state index contributed by atoms with van der Waals surface area (Å²) in [6.45, 7) is 4.20. The lowest BCUT2D eigenvalue weighted by atomic mass is 9.76. The molecule has 1 aliphatic carbocycles. The molecule has 0 amide bonds. The van der Waals surface area contributed by atoms with Crippen molar-refractivity contribution in [2.75, 3.05) is 26.2 Å². The van der Waals surface area contributed by atoms with Gasteiger partial charge in [0, 0.05) is 18.0 Å². The summed E-state index contributed by atoms with van der Waals surface area (Å²) in [7, 11) is 0. The van der Waals surface area contributed by atoms with Gasteiger partial charge in [-0.05, 0) is 85.6 Å². The first kappa shape index (κ1) is 20.1. The van der Waals surface area contributed by atoms with E-state index in [4.69, 9.17) is 4.74 Å². The molecule has 2 aliphatic rings. The molecule has 0 saturated carbocycles. The fraction of sp³-hybridized carbons (Fsp3) is 0.357. The van der Waals surface area contributed by atoms with Crippen LogP contribution in [0.5, 0.6) is 11.5 Å². The van der Waals surface area contributed by atoms with Gasteiger partial charge in [-0.1, -0.05) is 48.5 Å². The number of likely N-dealkylation sites (tertiary alicyclic amines) is 1. The van der Waals surface area contributed by atoms with Crippen molar-refractivity contribution in [3.05, 3.63) is 83.4 Å². The summed E-state index contributed by atoms with van der Waals surface area (Å²) in [6.07, 6.45) is 5.93. The van der Waals surface area contributed by atoms with Crippen LogP contribution in [0.3, 0.4) is 0 Å². The maximum Gasteiger partial charge on any atom is 0.123 e. The fourth-order valence-electron chi connectivity index (χ4n) is 5.25. The molecule has 0 spiro atoms. The van der Waals surface area contributed by atoms with Gasteiger partial charge in [-0.15, -0.1) is 0 Å². The van der Waals surface area contributed by atoms with Gasteiger partial charge in [-0.2, -0.15) is 0 Å². The molecular formula is C28H31NO2. The second-order valence-electron chi connectivity index (χ2n) is 8.80. The standard InChI is InChI=1S/C28H31NO2/c30-27-16-15-25-24(9-6-10-26(25)28(27)22-7-2-1-3-8-22)21-11-13-23(14-12-21)31-20-19-29-17-4-5-18-29/h1-3,7-8,11-16,24,30H,4-6,9-10,17-20H2. The summed E-state index contributed by atoms with van der Waals surface area (Å²) in [6, 6.07) is 23.0. The zero-order valence-corrected chi connectivity index (χ0v) is 18.1. The third-order valence-corrected chi connectivity index (χ3v) is 6.84. The predicted octanol–water partition coefficient (Wildman–Crippen LogP) is 6.00. The van der Waals surface area contributed by atoms with E-state index in [0.29, 0.717) is 11.7 Å². The predicted molar refractivity (Wildman–Crippen MR) is 126 cm³/mol. The molecule has 31 heavy (non-hydrogen) atoms. The lowest BCUT2D eigenvalue weighted by molar-refractivity contribution is 0.237. The molecular weight excluding hydrogens is 382 g/mol. The lowest BCUT2D eigenvalue weighted by Gasteiger charge is -2.28. The average molecular weight is 414 g/mol. The number of phenols is 1. The van der Waals surface area contributed by atoms with Crippen LogP contribution in [-0.2, 0) is 6.42 Å². The summed E-state index contributed by atoms with van der Waals surface area (Å²) in [4.78, 5) is 2.48. The first-order chi connectivity index (χ1) is 15.3. The van der Waals surface area contributed by atoms with Crippen LogP contribution in [0.15, 0.2) is 66.7 Å². The average Bonchev–Trinajstić information content (AvgIpc) is 3.33. The largest absolute Gasteiger partial charge is 0.507 e. The van der Waals surface area contributed by atoms with Crippen molar-refractivity contribution in [3.8, 4) is 22.6 Å². The van der Waals surface area contributed by atoms with Crippen LogP contribution in [0.25, 0.3) is 11.1 Å². The van der Waals surface area contributed by atoms with E-state index in [9.17, 15) is 5.11 Å². The van der Waals surface area contributed by atoms with E-state index in [2.05, 4.69) is 47.4 Å². The highest BCUT2D eigenvalue weighted by atomic mass is 16.5. The van der Waals surface area contributed by atoms with E-state index in [0.717, 1.165) is 49.3 Å². The van der Waals surface area contributed by atoms with Crippen LogP contribution >= 0.6 is 0 Å². The van der Waals surface area contributed by atoms with Crippen LogP contribution in [0.2, 0.25) is 0 Å².